The van der Waals surface area contributed by atoms with Crippen LogP contribution < -0.4 is 10.1 Å². The molecule has 0 saturated carbocycles. The van der Waals surface area contributed by atoms with E-state index in [9.17, 15) is 10.1 Å². The highest BCUT2D eigenvalue weighted by Crippen LogP contribution is 2.21. The molecule has 0 heterocycles. The van der Waals surface area contributed by atoms with E-state index in [0.29, 0.717) is 23.1 Å². The SMILES string of the molecule is C=CCOc1ccc(/C=C(\C#N)C(=O)Nc2ccc(Cl)cc2C)cc1. The van der Waals surface area contributed by atoms with E-state index in [1.54, 1.807) is 48.5 Å². The second-order valence-corrected chi connectivity index (χ2v) is 5.69. The van der Waals surface area contributed by atoms with Gasteiger partial charge < -0.3 is 10.1 Å². The molecule has 0 atom stereocenters. The lowest BCUT2D eigenvalue weighted by Gasteiger charge is -2.08. The van der Waals surface area contributed by atoms with E-state index in [2.05, 4.69) is 11.9 Å². The Labute approximate surface area is 152 Å². The van der Waals surface area contributed by atoms with Crippen molar-refractivity contribution in [1.29, 1.82) is 5.26 Å². The molecule has 2 aromatic carbocycles. The third-order valence-corrected chi connectivity index (χ3v) is 3.60. The molecule has 0 aliphatic rings. The highest BCUT2D eigenvalue weighted by Gasteiger charge is 2.11. The van der Waals surface area contributed by atoms with Crippen LogP contribution in [0.3, 0.4) is 0 Å². The van der Waals surface area contributed by atoms with Crippen LogP contribution in [-0.2, 0) is 4.79 Å². The molecule has 5 heteroatoms. The first-order chi connectivity index (χ1) is 12.0. The topological polar surface area (TPSA) is 62.1 Å². The normalized spacial score (nSPS) is 10.7. The molecule has 0 aliphatic carbocycles. The van der Waals surface area contributed by atoms with Gasteiger partial charge in [0.25, 0.3) is 5.91 Å². The predicted molar refractivity (Wildman–Crippen MR) is 101 cm³/mol. The lowest BCUT2D eigenvalue weighted by Crippen LogP contribution is -2.14. The summed E-state index contributed by atoms with van der Waals surface area (Å²) in [5, 5.41) is 12.6. The second-order valence-electron chi connectivity index (χ2n) is 5.25. The van der Waals surface area contributed by atoms with Crippen LogP contribution in [0.2, 0.25) is 5.02 Å². The fourth-order valence-corrected chi connectivity index (χ4v) is 2.31. The summed E-state index contributed by atoms with van der Waals surface area (Å²) in [6.45, 7) is 5.84. The van der Waals surface area contributed by atoms with Crippen molar-refractivity contribution in [2.24, 2.45) is 0 Å². The van der Waals surface area contributed by atoms with Crippen LogP contribution in [0.4, 0.5) is 5.69 Å². The van der Waals surface area contributed by atoms with Crippen molar-refractivity contribution < 1.29 is 9.53 Å². The minimum Gasteiger partial charge on any atom is -0.490 e. The maximum Gasteiger partial charge on any atom is 0.266 e. The van der Waals surface area contributed by atoms with E-state index in [0.717, 1.165) is 11.1 Å². The van der Waals surface area contributed by atoms with Crippen LogP contribution in [0.25, 0.3) is 6.08 Å². The molecule has 4 nitrogen and oxygen atoms in total. The van der Waals surface area contributed by atoms with Crippen molar-refractivity contribution in [2.45, 2.75) is 6.92 Å². The summed E-state index contributed by atoms with van der Waals surface area (Å²) in [4.78, 5) is 12.3. The van der Waals surface area contributed by atoms with Crippen molar-refractivity contribution in [3.63, 3.8) is 0 Å². The molecule has 1 amide bonds. The first-order valence-electron chi connectivity index (χ1n) is 7.56. The van der Waals surface area contributed by atoms with Gasteiger partial charge in [-0.1, -0.05) is 36.4 Å². The minimum atomic E-state index is -0.472. The average molecular weight is 353 g/mol. The lowest BCUT2D eigenvalue weighted by atomic mass is 10.1. The van der Waals surface area contributed by atoms with Crippen molar-refractivity contribution in [3.8, 4) is 11.8 Å². The average Bonchev–Trinajstić information content (AvgIpc) is 2.61. The standard InChI is InChI=1S/C20H17ClN2O2/c1-3-10-25-18-7-4-15(5-8-18)12-16(13-22)20(24)23-19-9-6-17(21)11-14(19)2/h3-9,11-12H,1,10H2,2H3,(H,23,24)/b16-12+. The van der Waals surface area contributed by atoms with Crippen LogP contribution in [0, 0.1) is 18.3 Å². The van der Waals surface area contributed by atoms with Gasteiger partial charge in [0, 0.05) is 10.7 Å². The monoisotopic (exact) mass is 352 g/mol. The number of nitrogens with zero attached hydrogens (tertiary/aromatic N) is 1. The third-order valence-electron chi connectivity index (χ3n) is 3.36. The van der Waals surface area contributed by atoms with E-state index in [4.69, 9.17) is 16.3 Å². The van der Waals surface area contributed by atoms with E-state index in [-0.39, 0.29) is 5.57 Å². The van der Waals surface area contributed by atoms with Crippen LogP contribution in [-0.4, -0.2) is 12.5 Å². The number of halogens is 1. The summed E-state index contributed by atoms with van der Waals surface area (Å²) in [5.74, 6) is 0.219. The van der Waals surface area contributed by atoms with Gasteiger partial charge in [0.1, 0.15) is 24.0 Å². The van der Waals surface area contributed by atoms with Crippen LogP contribution in [0.5, 0.6) is 5.75 Å². The second kappa shape index (κ2) is 8.72. The zero-order valence-corrected chi connectivity index (χ0v) is 14.5. The number of carbonyl (C=O) groups excluding carboxylic acids is 1. The van der Waals surface area contributed by atoms with Gasteiger partial charge in [0.15, 0.2) is 0 Å². The van der Waals surface area contributed by atoms with Gasteiger partial charge in [0.2, 0.25) is 0 Å². The highest BCUT2D eigenvalue weighted by molar-refractivity contribution is 6.30. The number of anilines is 1. The fourth-order valence-electron chi connectivity index (χ4n) is 2.09. The molecule has 0 aromatic heterocycles. The molecule has 0 aliphatic heterocycles. The van der Waals surface area contributed by atoms with E-state index in [1.165, 1.54) is 6.08 Å². The molecule has 2 aromatic rings. The number of ether oxygens (including phenoxy) is 1. The molecule has 25 heavy (non-hydrogen) atoms. The molecule has 126 valence electrons. The molecule has 0 fully saturated rings. The van der Waals surface area contributed by atoms with Gasteiger partial charge in [-0.05, 0) is 54.5 Å². The molecule has 0 radical (unpaired) electrons. The van der Waals surface area contributed by atoms with E-state index >= 15 is 0 Å². The number of benzene rings is 2. The van der Waals surface area contributed by atoms with Crippen molar-refractivity contribution >= 4 is 29.3 Å². The van der Waals surface area contributed by atoms with Gasteiger partial charge in [-0.3, -0.25) is 4.79 Å². The summed E-state index contributed by atoms with van der Waals surface area (Å²) < 4.78 is 5.40. The summed E-state index contributed by atoms with van der Waals surface area (Å²) in [5.41, 5.74) is 2.17. The molecule has 0 bridgehead atoms. The Morgan fingerprint density at radius 1 is 1.32 bits per heavy atom. The predicted octanol–water partition coefficient (Wildman–Crippen LogP) is 4.76. The maximum absolute atomic E-state index is 12.3. The Morgan fingerprint density at radius 2 is 2.04 bits per heavy atom. The Hall–Kier alpha value is -3.03. The fraction of sp³-hybridized carbons (Fsp3) is 0.100. The number of hydrogen-bond acceptors (Lipinski definition) is 3. The number of nitriles is 1. The van der Waals surface area contributed by atoms with Gasteiger partial charge in [-0.2, -0.15) is 5.26 Å². The zero-order valence-electron chi connectivity index (χ0n) is 13.8. The minimum absolute atomic E-state index is 0.00844. The molecular weight excluding hydrogens is 336 g/mol. The first kappa shape index (κ1) is 18.3. The van der Waals surface area contributed by atoms with Crippen molar-refractivity contribution in [3.05, 3.63) is 76.8 Å². The molecule has 0 spiro atoms. The number of aryl methyl sites for hydroxylation is 1. The van der Waals surface area contributed by atoms with Crippen molar-refractivity contribution in [1.82, 2.24) is 0 Å². The van der Waals surface area contributed by atoms with Crippen LogP contribution in [0.15, 0.2) is 60.7 Å². The number of hydrogen-bond donors (Lipinski definition) is 1. The quantitative estimate of drug-likeness (QED) is 0.463. The van der Waals surface area contributed by atoms with Gasteiger partial charge in [-0.15, -0.1) is 0 Å². The van der Waals surface area contributed by atoms with E-state index < -0.39 is 5.91 Å². The Bertz CT molecular complexity index is 849. The Kier molecular flexibility index (Phi) is 6.39. The number of carbonyl (C=O) groups is 1. The summed E-state index contributed by atoms with van der Waals surface area (Å²) in [6, 6.07) is 14.1. The summed E-state index contributed by atoms with van der Waals surface area (Å²) in [6.07, 6.45) is 3.18. The first-order valence-corrected chi connectivity index (χ1v) is 7.94. The Morgan fingerprint density at radius 3 is 2.64 bits per heavy atom. The summed E-state index contributed by atoms with van der Waals surface area (Å²) >= 11 is 5.90. The number of nitrogens with one attached hydrogen (secondary N) is 1. The van der Waals surface area contributed by atoms with Gasteiger partial charge in [-0.25, -0.2) is 0 Å². The van der Waals surface area contributed by atoms with Gasteiger partial charge >= 0.3 is 0 Å². The zero-order chi connectivity index (χ0) is 18.2. The van der Waals surface area contributed by atoms with Crippen LogP contribution in [0.1, 0.15) is 11.1 Å². The van der Waals surface area contributed by atoms with Crippen LogP contribution >= 0.6 is 11.6 Å². The van der Waals surface area contributed by atoms with Gasteiger partial charge in [0.05, 0.1) is 0 Å². The Balaban J connectivity index is 2.14. The number of rotatable bonds is 6. The lowest BCUT2D eigenvalue weighted by molar-refractivity contribution is -0.112. The summed E-state index contributed by atoms with van der Waals surface area (Å²) in [7, 11) is 0. The third kappa shape index (κ3) is 5.23. The number of amides is 1. The largest absolute Gasteiger partial charge is 0.490 e. The smallest absolute Gasteiger partial charge is 0.266 e. The van der Waals surface area contributed by atoms with E-state index in [1.807, 2.05) is 13.0 Å². The molecule has 2 rings (SSSR count). The highest BCUT2D eigenvalue weighted by atomic mass is 35.5. The maximum atomic E-state index is 12.3. The molecule has 1 N–H and O–H groups in total. The van der Waals surface area contributed by atoms with Crippen molar-refractivity contribution in [2.75, 3.05) is 11.9 Å². The molecule has 0 unspecified atom stereocenters. The molecular formula is C20H17ClN2O2. The molecule has 0 saturated heterocycles.